The first kappa shape index (κ1) is 22.5. The normalized spacial score (nSPS) is 15.1. The molecule has 0 aromatic carbocycles. The molecule has 1 fully saturated rings. The minimum absolute atomic E-state index is 0.0452. The van der Waals surface area contributed by atoms with E-state index in [1.807, 2.05) is 39.8 Å². The van der Waals surface area contributed by atoms with Crippen molar-refractivity contribution in [2.75, 3.05) is 19.7 Å². The number of carbonyl (C=O) groups excluding carboxylic acids is 1. The number of rotatable bonds is 7. The van der Waals surface area contributed by atoms with Crippen LogP contribution in [0.15, 0.2) is 36.0 Å². The van der Waals surface area contributed by atoms with Crippen LogP contribution >= 0.6 is 0 Å². The molecule has 0 N–H and O–H groups in total. The van der Waals surface area contributed by atoms with Gasteiger partial charge in [0.25, 0.3) is 5.88 Å². The molecule has 0 bridgehead atoms. The number of piperidine rings is 1. The van der Waals surface area contributed by atoms with Gasteiger partial charge in [0.05, 0.1) is 17.9 Å². The van der Waals surface area contributed by atoms with Gasteiger partial charge in [-0.2, -0.15) is 4.98 Å². The van der Waals surface area contributed by atoms with Gasteiger partial charge in [-0.3, -0.25) is 4.98 Å². The summed E-state index contributed by atoms with van der Waals surface area (Å²) in [6.07, 6.45) is 5.91. The first-order valence-corrected chi connectivity index (χ1v) is 10.5. The number of hydrogen-bond acceptors (Lipinski definition) is 8. The van der Waals surface area contributed by atoms with Gasteiger partial charge in [0.1, 0.15) is 12.4 Å². The van der Waals surface area contributed by atoms with E-state index in [0.717, 1.165) is 5.56 Å². The summed E-state index contributed by atoms with van der Waals surface area (Å²) in [5, 5.41) is 4.15. The standard InChI is InChI=1S/C22H29N5O4/c1-15(2)13-29-22(28)27-10-7-19(8-11-27)30-20-16(3)21(25-14-24-20)31-26-17(4)18-6-5-9-23-12-18/h5-6,9,12,14-15,19H,7-8,10-11,13H2,1-4H3/b26-17-. The summed E-state index contributed by atoms with van der Waals surface area (Å²) < 4.78 is 11.4. The molecule has 0 radical (unpaired) electrons. The van der Waals surface area contributed by atoms with Crippen LogP contribution in [0, 0.1) is 12.8 Å². The topological polar surface area (TPSA) is 99.0 Å². The largest absolute Gasteiger partial charge is 0.474 e. The maximum Gasteiger partial charge on any atom is 0.409 e. The molecule has 166 valence electrons. The summed E-state index contributed by atoms with van der Waals surface area (Å²) >= 11 is 0. The third kappa shape index (κ3) is 6.37. The molecule has 1 aliphatic rings. The third-order valence-corrected chi connectivity index (χ3v) is 4.86. The molecule has 0 saturated carbocycles. The van der Waals surface area contributed by atoms with Gasteiger partial charge in [-0.05, 0) is 31.9 Å². The maximum absolute atomic E-state index is 12.1. The van der Waals surface area contributed by atoms with E-state index in [1.54, 1.807) is 17.3 Å². The Morgan fingerprint density at radius 1 is 1.26 bits per heavy atom. The molecule has 0 unspecified atom stereocenters. The monoisotopic (exact) mass is 427 g/mol. The zero-order valence-electron chi connectivity index (χ0n) is 18.4. The molecule has 0 atom stereocenters. The number of likely N-dealkylation sites (tertiary alicyclic amines) is 1. The summed E-state index contributed by atoms with van der Waals surface area (Å²) in [5.74, 6) is 1.11. The second kappa shape index (κ2) is 10.7. The van der Waals surface area contributed by atoms with E-state index in [2.05, 4.69) is 20.1 Å². The Kier molecular flexibility index (Phi) is 7.75. The highest BCUT2D eigenvalue weighted by Crippen LogP contribution is 2.26. The number of nitrogens with zero attached hydrogens (tertiary/aromatic N) is 5. The van der Waals surface area contributed by atoms with Crippen molar-refractivity contribution in [1.82, 2.24) is 19.9 Å². The van der Waals surface area contributed by atoms with Crippen LogP contribution in [0.1, 0.15) is 44.7 Å². The average Bonchev–Trinajstić information content (AvgIpc) is 2.79. The van der Waals surface area contributed by atoms with Gasteiger partial charge >= 0.3 is 6.09 Å². The predicted molar refractivity (Wildman–Crippen MR) is 115 cm³/mol. The molecule has 2 aromatic heterocycles. The van der Waals surface area contributed by atoms with Crippen molar-refractivity contribution in [3.63, 3.8) is 0 Å². The van der Waals surface area contributed by atoms with E-state index >= 15 is 0 Å². The van der Waals surface area contributed by atoms with Crippen LogP contribution in [-0.2, 0) is 4.74 Å². The van der Waals surface area contributed by atoms with Crippen molar-refractivity contribution < 1.29 is 19.1 Å². The van der Waals surface area contributed by atoms with Gasteiger partial charge < -0.3 is 19.2 Å². The number of pyridine rings is 1. The van der Waals surface area contributed by atoms with Gasteiger partial charge in [-0.15, -0.1) is 0 Å². The zero-order chi connectivity index (χ0) is 22.2. The van der Waals surface area contributed by atoms with E-state index in [1.165, 1.54) is 6.33 Å². The summed E-state index contributed by atoms with van der Waals surface area (Å²) in [6.45, 7) is 9.30. The molecule has 3 rings (SSSR count). The van der Waals surface area contributed by atoms with E-state index in [9.17, 15) is 4.79 Å². The average molecular weight is 428 g/mol. The van der Waals surface area contributed by atoms with E-state index in [0.29, 0.717) is 61.5 Å². The molecule has 1 saturated heterocycles. The van der Waals surface area contributed by atoms with Crippen LogP contribution in [0.4, 0.5) is 4.79 Å². The van der Waals surface area contributed by atoms with Gasteiger partial charge in [-0.1, -0.05) is 19.0 Å². The summed E-state index contributed by atoms with van der Waals surface area (Å²) in [6, 6.07) is 3.74. The molecule has 2 aromatic rings. The van der Waals surface area contributed by atoms with Crippen molar-refractivity contribution in [2.24, 2.45) is 11.1 Å². The Hall–Kier alpha value is -3.23. The lowest BCUT2D eigenvalue weighted by Gasteiger charge is -2.31. The van der Waals surface area contributed by atoms with E-state index in [-0.39, 0.29) is 12.2 Å². The highest BCUT2D eigenvalue weighted by Gasteiger charge is 2.26. The van der Waals surface area contributed by atoms with Gasteiger partial charge in [0, 0.05) is 43.9 Å². The Labute approximate surface area is 182 Å². The van der Waals surface area contributed by atoms with Crippen molar-refractivity contribution >= 4 is 11.8 Å². The van der Waals surface area contributed by atoms with Crippen LogP contribution in [0.3, 0.4) is 0 Å². The number of ether oxygens (including phenoxy) is 2. The van der Waals surface area contributed by atoms with Gasteiger partial charge in [-0.25, -0.2) is 9.78 Å². The fourth-order valence-corrected chi connectivity index (χ4v) is 3.01. The van der Waals surface area contributed by atoms with E-state index < -0.39 is 0 Å². The number of oxime groups is 1. The molecule has 31 heavy (non-hydrogen) atoms. The van der Waals surface area contributed by atoms with Crippen LogP contribution in [0.25, 0.3) is 0 Å². The highest BCUT2D eigenvalue weighted by atomic mass is 16.6. The van der Waals surface area contributed by atoms with Crippen molar-refractivity contribution in [1.29, 1.82) is 0 Å². The summed E-state index contributed by atoms with van der Waals surface area (Å²) in [4.78, 5) is 31.8. The summed E-state index contributed by atoms with van der Waals surface area (Å²) in [5.41, 5.74) is 2.22. The zero-order valence-corrected chi connectivity index (χ0v) is 18.4. The molecular formula is C22H29N5O4. The minimum Gasteiger partial charge on any atom is -0.474 e. The summed E-state index contributed by atoms with van der Waals surface area (Å²) in [7, 11) is 0. The lowest BCUT2D eigenvalue weighted by atomic mass is 10.1. The lowest BCUT2D eigenvalue weighted by molar-refractivity contribution is 0.0602. The predicted octanol–water partition coefficient (Wildman–Crippen LogP) is 3.62. The van der Waals surface area contributed by atoms with Crippen LogP contribution in [0.5, 0.6) is 11.8 Å². The number of amides is 1. The minimum atomic E-state index is -0.261. The SMILES string of the molecule is C/C(=N/Oc1ncnc(OC2CCN(C(=O)OCC(C)C)CC2)c1C)c1cccnc1. The fraction of sp³-hybridized carbons (Fsp3) is 0.500. The van der Waals surface area contributed by atoms with Crippen molar-refractivity contribution in [3.05, 3.63) is 42.0 Å². The molecule has 0 spiro atoms. The van der Waals surface area contributed by atoms with Crippen LogP contribution in [-0.4, -0.2) is 57.5 Å². The Morgan fingerprint density at radius 2 is 2.00 bits per heavy atom. The van der Waals surface area contributed by atoms with Crippen LogP contribution < -0.4 is 9.57 Å². The third-order valence-electron chi connectivity index (χ3n) is 4.86. The van der Waals surface area contributed by atoms with Gasteiger partial charge in [0.2, 0.25) is 5.88 Å². The molecule has 1 amide bonds. The maximum atomic E-state index is 12.1. The number of aromatic nitrogens is 3. The highest BCUT2D eigenvalue weighted by molar-refractivity contribution is 5.98. The number of hydrogen-bond donors (Lipinski definition) is 0. The molecule has 1 aliphatic heterocycles. The first-order valence-electron chi connectivity index (χ1n) is 10.5. The Bertz CT molecular complexity index is 896. The smallest absolute Gasteiger partial charge is 0.409 e. The second-order valence-corrected chi connectivity index (χ2v) is 7.89. The molecule has 9 nitrogen and oxygen atoms in total. The molecular weight excluding hydrogens is 398 g/mol. The second-order valence-electron chi connectivity index (χ2n) is 7.89. The van der Waals surface area contributed by atoms with E-state index in [4.69, 9.17) is 14.3 Å². The van der Waals surface area contributed by atoms with Gasteiger partial charge in [0.15, 0.2) is 0 Å². The lowest BCUT2D eigenvalue weighted by Crippen LogP contribution is -2.42. The van der Waals surface area contributed by atoms with Crippen molar-refractivity contribution in [2.45, 2.75) is 46.6 Å². The number of carbonyl (C=O) groups is 1. The fourth-order valence-electron chi connectivity index (χ4n) is 3.01. The Morgan fingerprint density at radius 3 is 2.68 bits per heavy atom. The first-order chi connectivity index (χ1) is 14.9. The molecule has 3 heterocycles. The Balaban J connectivity index is 1.56. The quantitative estimate of drug-likeness (QED) is 0.491. The van der Waals surface area contributed by atoms with Crippen LogP contribution in [0.2, 0.25) is 0 Å². The van der Waals surface area contributed by atoms with Crippen molar-refractivity contribution in [3.8, 4) is 11.8 Å². The molecule has 0 aliphatic carbocycles. The molecule has 9 heteroatoms.